The van der Waals surface area contributed by atoms with Crippen molar-refractivity contribution in [2.45, 2.75) is 38.6 Å². The van der Waals surface area contributed by atoms with Crippen LogP contribution in [0.15, 0.2) is 40.9 Å². The van der Waals surface area contributed by atoms with Crippen LogP contribution in [0.1, 0.15) is 42.5 Å². The van der Waals surface area contributed by atoms with Gasteiger partial charge in [0.05, 0.1) is 5.02 Å². The Balaban J connectivity index is 1.78. The lowest BCUT2D eigenvalue weighted by atomic mass is 9.89. The van der Waals surface area contributed by atoms with E-state index in [1.807, 2.05) is 18.2 Å². The zero-order valence-corrected chi connectivity index (χ0v) is 14.5. The first-order valence-corrected chi connectivity index (χ1v) is 8.64. The van der Waals surface area contributed by atoms with Crippen LogP contribution in [0, 0.1) is 0 Å². The molecule has 0 aliphatic heterocycles. The maximum atomic E-state index is 6.15. The Morgan fingerprint density at radius 1 is 1.05 bits per heavy atom. The second kappa shape index (κ2) is 6.41. The molecule has 110 valence electrons. The number of nitrogens with one attached hydrogen (secondary N) is 1. The zero-order chi connectivity index (χ0) is 14.8. The summed E-state index contributed by atoms with van der Waals surface area (Å²) in [4.78, 5) is 0. The molecule has 0 heterocycles. The Bertz CT molecular complexity index is 654. The first-order valence-electron chi connectivity index (χ1n) is 7.47. The predicted octanol–water partition coefficient (Wildman–Crippen LogP) is 6.15. The van der Waals surface area contributed by atoms with Crippen LogP contribution in [-0.4, -0.2) is 0 Å². The third kappa shape index (κ3) is 3.44. The fourth-order valence-electron chi connectivity index (χ4n) is 2.94. The Morgan fingerprint density at radius 3 is 2.57 bits per heavy atom. The monoisotopic (exact) mass is 363 g/mol. The SMILES string of the molecule is CC(Nc1ccc(Br)c(Cl)c1)c1ccc2c(c1)CCCC2. The number of rotatable bonds is 3. The van der Waals surface area contributed by atoms with Crippen molar-refractivity contribution in [1.82, 2.24) is 0 Å². The lowest BCUT2D eigenvalue weighted by Crippen LogP contribution is -2.09. The molecule has 2 aromatic rings. The van der Waals surface area contributed by atoms with Crippen LogP contribution in [0.5, 0.6) is 0 Å². The van der Waals surface area contributed by atoms with Gasteiger partial charge < -0.3 is 5.32 Å². The molecule has 1 unspecified atom stereocenters. The smallest absolute Gasteiger partial charge is 0.0568 e. The Hall–Kier alpha value is -0.990. The van der Waals surface area contributed by atoms with Crippen molar-refractivity contribution in [2.75, 3.05) is 5.32 Å². The lowest BCUT2D eigenvalue weighted by molar-refractivity contribution is 0.683. The summed E-state index contributed by atoms with van der Waals surface area (Å²) >= 11 is 9.57. The molecule has 0 fully saturated rings. The molecule has 0 spiro atoms. The van der Waals surface area contributed by atoms with Crippen LogP contribution in [0.25, 0.3) is 0 Å². The molecule has 0 bridgehead atoms. The molecule has 1 aliphatic carbocycles. The normalized spacial score (nSPS) is 15.4. The molecule has 3 rings (SSSR count). The van der Waals surface area contributed by atoms with E-state index in [1.165, 1.54) is 42.4 Å². The molecule has 2 aromatic carbocycles. The van der Waals surface area contributed by atoms with Gasteiger partial charge in [-0.1, -0.05) is 29.8 Å². The van der Waals surface area contributed by atoms with Gasteiger partial charge in [0.25, 0.3) is 0 Å². The van der Waals surface area contributed by atoms with E-state index >= 15 is 0 Å². The van der Waals surface area contributed by atoms with Crippen molar-refractivity contribution >= 4 is 33.2 Å². The van der Waals surface area contributed by atoms with E-state index in [4.69, 9.17) is 11.6 Å². The van der Waals surface area contributed by atoms with Gasteiger partial charge >= 0.3 is 0 Å². The van der Waals surface area contributed by atoms with Gasteiger partial charge in [0.15, 0.2) is 0 Å². The standard InChI is InChI=1S/C18H19BrClN/c1-12(21-16-8-9-17(19)18(20)11-16)14-7-6-13-4-2-3-5-15(13)10-14/h6-12,21H,2-5H2,1H3. The summed E-state index contributed by atoms with van der Waals surface area (Å²) in [7, 11) is 0. The van der Waals surface area contributed by atoms with Crippen LogP contribution in [-0.2, 0) is 12.8 Å². The van der Waals surface area contributed by atoms with Crippen LogP contribution < -0.4 is 5.32 Å². The van der Waals surface area contributed by atoms with Gasteiger partial charge in [-0.25, -0.2) is 0 Å². The summed E-state index contributed by atoms with van der Waals surface area (Å²) in [5.74, 6) is 0. The van der Waals surface area contributed by atoms with Crippen molar-refractivity contribution in [1.29, 1.82) is 0 Å². The second-order valence-electron chi connectivity index (χ2n) is 5.73. The van der Waals surface area contributed by atoms with Crippen LogP contribution in [0.4, 0.5) is 5.69 Å². The third-order valence-corrected chi connectivity index (χ3v) is 5.41. The van der Waals surface area contributed by atoms with Gasteiger partial charge in [0.2, 0.25) is 0 Å². The maximum absolute atomic E-state index is 6.15. The molecular weight excluding hydrogens is 346 g/mol. The van der Waals surface area contributed by atoms with Crippen molar-refractivity contribution in [3.63, 3.8) is 0 Å². The highest BCUT2D eigenvalue weighted by Gasteiger charge is 2.12. The average Bonchev–Trinajstić information content (AvgIpc) is 2.50. The van der Waals surface area contributed by atoms with E-state index in [2.05, 4.69) is 46.4 Å². The molecule has 0 radical (unpaired) electrons. The molecule has 0 amide bonds. The zero-order valence-electron chi connectivity index (χ0n) is 12.1. The molecule has 1 nitrogen and oxygen atoms in total. The number of aryl methyl sites for hydroxylation is 2. The van der Waals surface area contributed by atoms with Gasteiger partial charge in [-0.2, -0.15) is 0 Å². The minimum absolute atomic E-state index is 0.273. The van der Waals surface area contributed by atoms with E-state index in [-0.39, 0.29) is 6.04 Å². The van der Waals surface area contributed by atoms with Crippen molar-refractivity contribution < 1.29 is 0 Å². The van der Waals surface area contributed by atoms with Gasteiger partial charge in [-0.15, -0.1) is 0 Å². The predicted molar refractivity (Wildman–Crippen MR) is 94.3 cm³/mol. The van der Waals surface area contributed by atoms with E-state index in [0.717, 1.165) is 15.2 Å². The Labute approximate surface area is 139 Å². The van der Waals surface area contributed by atoms with Crippen molar-refractivity contribution in [3.8, 4) is 0 Å². The average molecular weight is 365 g/mol. The minimum atomic E-state index is 0.273. The van der Waals surface area contributed by atoms with Crippen LogP contribution >= 0.6 is 27.5 Å². The molecule has 3 heteroatoms. The Morgan fingerprint density at radius 2 is 1.81 bits per heavy atom. The molecule has 0 saturated carbocycles. The first-order chi connectivity index (χ1) is 10.1. The lowest BCUT2D eigenvalue weighted by Gasteiger charge is -2.21. The largest absolute Gasteiger partial charge is 0.378 e. The number of anilines is 1. The summed E-state index contributed by atoms with van der Waals surface area (Å²) in [6, 6.07) is 13.2. The van der Waals surface area contributed by atoms with Gasteiger partial charge in [-0.3, -0.25) is 0 Å². The summed E-state index contributed by atoms with van der Waals surface area (Å²) in [6.07, 6.45) is 5.11. The summed E-state index contributed by atoms with van der Waals surface area (Å²) in [5.41, 5.74) is 5.45. The topological polar surface area (TPSA) is 12.0 Å². The van der Waals surface area contributed by atoms with E-state index < -0.39 is 0 Å². The van der Waals surface area contributed by atoms with Crippen molar-refractivity contribution in [2.24, 2.45) is 0 Å². The molecule has 1 aliphatic rings. The second-order valence-corrected chi connectivity index (χ2v) is 6.99. The number of fused-ring (bicyclic) bond motifs is 1. The highest BCUT2D eigenvalue weighted by Crippen LogP contribution is 2.29. The van der Waals surface area contributed by atoms with Crippen LogP contribution in [0.3, 0.4) is 0 Å². The van der Waals surface area contributed by atoms with E-state index in [9.17, 15) is 0 Å². The highest BCUT2D eigenvalue weighted by molar-refractivity contribution is 9.10. The maximum Gasteiger partial charge on any atom is 0.0568 e. The summed E-state index contributed by atoms with van der Waals surface area (Å²) < 4.78 is 0.927. The quantitative estimate of drug-likeness (QED) is 0.688. The number of halogens is 2. The summed E-state index contributed by atoms with van der Waals surface area (Å²) in [5, 5.41) is 4.26. The third-order valence-electron chi connectivity index (χ3n) is 4.18. The van der Waals surface area contributed by atoms with Gasteiger partial charge in [0, 0.05) is 16.2 Å². The fourth-order valence-corrected chi connectivity index (χ4v) is 3.37. The Kier molecular flexibility index (Phi) is 4.56. The van der Waals surface area contributed by atoms with E-state index in [1.54, 1.807) is 0 Å². The highest BCUT2D eigenvalue weighted by atomic mass is 79.9. The number of benzene rings is 2. The molecule has 0 saturated heterocycles. The molecule has 0 aromatic heterocycles. The van der Waals surface area contributed by atoms with Crippen molar-refractivity contribution in [3.05, 3.63) is 62.6 Å². The molecule has 21 heavy (non-hydrogen) atoms. The first kappa shape index (κ1) is 14.9. The van der Waals surface area contributed by atoms with Gasteiger partial charge in [-0.05, 0) is 83.4 Å². The molecular formula is C18H19BrClN. The van der Waals surface area contributed by atoms with Gasteiger partial charge in [0.1, 0.15) is 0 Å². The number of hydrogen-bond acceptors (Lipinski definition) is 1. The number of hydrogen-bond donors (Lipinski definition) is 1. The minimum Gasteiger partial charge on any atom is -0.378 e. The summed E-state index contributed by atoms with van der Waals surface area (Å²) in [6.45, 7) is 2.19. The molecule has 1 atom stereocenters. The fraction of sp³-hybridized carbons (Fsp3) is 0.333. The van der Waals surface area contributed by atoms with Crippen LogP contribution in [0.2, 0.25) is 5.02 Å². The van der Waals surface area contributed by atoms with E-state index in [0.29, 0.717) is 0 Å². The molecule has 1 N–H and O–H groups in total.